The third-order valence-electron chi connectivity index (χ3n) is 5.70. The van der Waals surface area contributed by atoms with Gasteiger partial charge in [0.15, 0.2) is 0 Å². The summed E-state index contributed by atoms with van der Waals surface area (Å²) in [6, 6.07) is 19.4. The number of imide groups is 1. The number of nitrogens with zero attached hydrogens (tertiary/aromatic N) is 2. The molecule has 0 saturated heterocycles. The normalized spacial score (nSPS) is 12.5. The smallest absolute Gasteiger partial charge is 0.311 e. The molecule has 0 radical (unpaired) electrons. The van der Waals surface area contributed by atoms with Gasteiger partial charge in [-0.3, -0.25) is 29.4 Å². The minimum atomic E-state index is -0.660. The summed E-state index contributed by atoms with van der Waals surface area (Å²) in [4.78, 5) is 48.9. The molecule has 3 aromatic rings. The summed E-state index contributed by atoms with van der Waals surface area (Å²) < 4.78 is 6.13. The van der Waals surface area contributed by atoms with Gasteiger partial charge in [0, 0.05) is 19.0 Å². The number of carbonyl (C=O) groups excluding carboxylic acids is 3. The van der Waals surface area contributed by atoms with Gasteiger partial charge in [-0.05, 0) is 58.1 Å². The number of amides is 2. The fraction of sp³-hybridized carbons (Fsp3) is 0.192. The molecule has 35 heavy (non-hydrogen) atoms. The lowest BCUT2D eigenvalue weighted by molar-refractivity contribution is -0.385. The largest absolute Gasteiger partial charge is 0.425 e. The van der Waals surface area contributed by atoms with Crippen LogP contribution in [-0.2, 0) is 4.79 Å². The number of fused-ring (bicyclic) bond motifs is 1. The van der Waals surface area contributed by atoms with Gasteiger partial charge in [0.05, 0.1) is 15.0 Å². The van der Waals surface area contributed by atoms with Crippen molar-refractivity contribution < 1.29 is 24.0 Å². The maximum atomic E-state index is 12.6. The number of nitro groups is 1. The van der Waals surface area contributed by atoms with Crippen LogP contribution in [0.25, 0.3) is 11.1 Å². The molecule has 0 aliphatic carbocycles. The second kappa shape index (κ2) is 10.6. The Morgan fingerprint density at radius 3 is 2.40 bits per heavy atom. The monoisotopic (exact) mass is 536 g/mol. The Kier molecular flexibility index (Phi) is 7.36. The SMILES string of the molecule is O=C(CCCCCN1C(=O)c2cccc([N+](=O)[O-])c2C1=O)Oc1ccc(-c2ccccc2)cc1Br. The number of ether oxygens (including phenoxy) is 1. The van der Waals surface area contributed by atoms with Crippen molar-refractivity contribution in [1.29, 1.82) is 0 Å². The minimum absolute atomic E-state index is 0.0524. The molecule has 0 spiro atoms. The van der Waals surface area contributed by atoms with Crippen molar-refractivity contribution in [3.63, 3.8) is 0 Å². The van der Waals surface area contributed by atoms with Gasteiger partial charge in [-0.1, -0.05) is 48.9 Å². The average molecular weight is 537 g/mol. The number of rotatable bonds is 9. The summed E-state index contributed by atoms with van der Waals surface area (Å²) in [5.41, 5.74) is 1.58. The summed E-state index contributed by atoms with van der Waals surface area (Å²) in [6.45, 7) is 0.130. The van der Waals surface area contributed by atoms with Gasteiger partial charge in [0.25, 0.3) is 17.5 Å². The Bertz CT molecular complexity index is 1310. The maximum absolute atomic E-state index is 12.6. The molecule has 1 heterocycles. The number of benzene rings is 3. The molecule has 0 bridgehead atoms. The lowest BCUT2D eigenvalue weighted by Crippen LogP contribution is -2.30. The highest BCUT2D eigenvalue weighted by Gasteiger charge is 2.40. The molecule has 0 saturated carbocycles. The van der Waals surface area contributed by atoms with Crippen LogP contribution in [0.4, 0.5) is 5.69 Å². The van der Waals surface area contributed by atoms with Crippen molar-refractivity contribution in [3.05, 3.63) is 92.4 Å². The van der Waals surface area contributed by atoms with Crippen molar-refractivity contribution >= 4 is 39.4 Å². The zero-order valence-electron chi connectivity index (χ0n) is 18.6. The third-order valence-corrected chi connectivity index (χ3v) is 6.32. The van der Waals surface area contributed by atoms with Crippen molar-refractivity contribution in [1.82, 2.24) is 4.90 Å². The third kappa shape index (κ3) is 5.30. The fourth-order valence-corrected chi connectivity index (χ4v) is 4.41. The number of halogens is 1. The number of hydrogen-bond donors (Lipinski definition) is 0. The van der Waals surface area contributed by atoms with E-state index in [0.29, 0.717) is 29.5 Å². The van der Waals surface area contributed by atoms with Gasteiger partial charge in [0.2, 0.25) is 0 Å². The Balaban J connectivity index is 1.24. The summed E-state index contributed by atoms with van der Waals surface area (Å²) in [5, 5.41) is 11.2. The van der Waals surface area contributed by atoms with Gasteiger partial charge in [-0.25, -0.2) is 0 Å². The van der Waals surface area contributed by atoms with Gasteiger partial charge in [-0.15, -0.1) is 0 Å². The second-order valence-corrected chi connectivity index (χ2v) is 8.87. The average Bonchev–Trinajstić information content (AvgIpc) is 3.10. The van der Waals surface area contributed by atoms with E-state index < -0.39 is 16.7 Å². The number of carbonyl (C=O) groups is 3. The standard InChI is InChI=1S/C26H21BrN2O6/c27-20-16-18(17-8-3-1-4-9-17)13-14-22(20)35-23(30)12-5-2-6-15-28-25(31)19-10-7-11-21(29(33)34)24(19)26(28)32/h1,3-4,7-11,13-14,16H,2,5-6,12,15H2. The molecular weight excluding hydrogens is 516 g/mol. The number of unbranched alkanes of at least 4 members (excludes halogenated alkanes) is 2. The van der Waals surface area contributed by atoms with Crippen LogP contribution >= 0.6 is 15.9 Å². The van der Waals surface area contributed by atoms with Crippen LogP contribution in [0.3, 0.4) is 0 Å². The van der Waals surface area contributed by atoms with E-state index in [-0.39, 0.29) is 35.7 Å². The molecule has 4 rings (SSSR count). The first-order valence-corrected chi connectivity index (χ1v) is 11.9. The molecule has 1 aliphatic heterocycles. The second-order valence-electron chi connectivity index (χ2n) is 8.01. The first-order chi connectivity index (χ1) is 16.9. The van der Waals surface area contributed by atoms with Gasteiger partial charge >= 0.3 is 5.97 Å². The van der Waals surface area contributed by atoms with Crippen LogP contribution in [0.2, 0.25) is 0 Å². The van der Waals surface area contributed by atoms with Crippen LogP contribution in [-0.4, -0.2) is 34.2 Å². The van der Waals surface area contributed by atoms with Crippen molar-refractivity contribution in [2.75, 3.05) is 6.54 Å². The topological polar surface area (TPSA) is 107 Å². The first kappa shape index (κ1) is 24.3. The zero-order chi connectivity index (χ0) is 24.9. The molecule has 2 amide bonds. The van der Waals surface area contributed by atoms with E-state index in [2.05, 4.69) is 15.9 Å². The Labute approximate surface area is 209 Å². The molecule has 1 aliphatic rings. The van der Waals surface area contributed by atoms with Crippen LogP contribution in [0.5, 0.6) is 5.75 Å². The maximum Gasteiger partial charge on any atom is 0.311 e. The molecule has 0 N–H and O–H groups in total. The van der Waals surface area contributed by atoms with Gasteiger partial charge in [-0.2, -0.15) is 0 Å². The van der Waals surface area contributed by atoms with E-state index in [9.17, 15) is 24.5 Å². The van der Waals surface area contributed by atoms with Gasteiger partial charge in [0.1, 0.15) is 11.3 Å². The summed E-state index contributed by atoms with van der Waals surface area (Å²) in [7, 11) is 0. The molecule has 0 unspecified atom stereocenters. The first-order valence-electron chi connectivity index (χ1n) is 11.1. The van der Waals surface area contributed by atoms with E-state index in [0.717, 1.165) is 16.0 Å². The van der Waals surface area contributed by atoms with Crippen LogP contribution in [0.1, 0.15) is 46.4 Å². The van der Waals surface area contributed by atoms with E-state index in [4.69, 9.17) is 4.74 Å². The predicted octanol–water partition coefficient (Wildman–Crippen LogP) is 5.79. The van der Waals surface area contributed by atoms with E-state index in [1.165, 1.54) is 18.2 Å². The molecule has 3 aromatic carbocycles. The van der Waals surface area contributed by atoms with Gasteiger partial charge < -0.3 is 4.74 Å². The Morgan fingerprint density at radius 2 is 1.69 bits per heavy atom. The number of esters is 1. The summed E-state index contributed by atoms with van der Waals surface area (Å²) in [5.74, 6) is -1.13. The molecule has 0 atom stereocenters. The van der Waals surface area contributed by atoms with Crippen LogP contribution in [0, 0.1) is 10.1 Å². The Hall–Kier alpha value is -3.85. The molecular formula is C26H21BrN2O6. The van der Waals surface area contributed by atoms with Crippen molar-refractivity contribution in [2.45, 2.75) is 25.7 Å². The zero-order valence-corrected chi connectivity index (χ0v) is 20.2. The molecule has 0 aromatic heterocycles. The quantitative estimate of drug-likeness (QED) is 0.0855. The van der Waals surface area contributed by atoms with Crippen LogP contribution < -0.4 is 4.74 Å². The van der Waals surface area contributed by atoms with Crippen LogP contribution in [0.15, 0.2) is 71.2 Å². The molecule has 0 fully saturated rings. The van der Waals surface area contributed by atoms with Crippen molar-refractivity contribution in [2.24, 2.45) is 0 Å². The lowest BCUT2D eigenvalue weighted by Gasteiger charge is -2.13. The van der Waals surface area contributed by atoms with Crippen molar-refractivity contribution in [3.8, 4) is 16.9 Å². The Morgan fingerprint density at radius 1 is 0.914 bits per heavy atom. The van der Waals surface area contributed by atoms with E-state index in [1.807, 2.05) is 42.5 Å². The molecule has 9 heteroatoms. The predicted molar refractivity (Wildman–Crippen MR) is 132 cm³/mol. The summed E-state index contributed by atoms with van der Waals surface area (Å²) in [6.07, 6.45) is 1.75. The summed E-state index contributed by atoms with van der Waals surface area (Å²) >= 11 is 3.45. The minimum Gasteiger partial charge on any atom is -0.425 e. The highest BCUT2D eigenvalue weighted by Crippen LogP contribution is 2.32. The lowest BCUT2D eigenvalue weighted by atomic mass is 10.1. The molecule has 178 valence electrons. The fourth-order valence-electron chi connectivity index (χ4n) is 3.95. The van der Waals surface area contributed by atoms with E-state index >= 15 is 0 Å². The number of nitro benzene ring substituents is 1. The molecule has 8 nitrogen and oxygen atoms in total. The van der Waals surface area contributed by atoms with E-state index in [1.54, 1.807) is 6.07 Å². The highest BCUT2D eigenvalue weighted by molar-refractivity contribution is 9.10. The number of hydrogen-bond acceptors (Lipinski definition) is 6. The highest BCUT2D eigenvalue weighted by atomic mass is 79.9.